The van der Waals surface area contributed by atoms with Gasteiger partial charge < -0.3 is 9.47 Å². The average molecular weight is 363 g/mol. The highest BCUT2D eigenvalue weighted by molar-refractivity contribution is 7.84. The number of fused-ring (bicyclic) bond motifs is 1. The molecule has 2 heterocycles. The maximum atomic E-state index is 11.8. The first-order chi connectivity index (χ1) is 12.1. The summed E-state index contributed by atoms with van der Waals surface area (Å²) in [4.78, 5) is 4.69. The number of nitrogens with zero attached hydrogens (tertiary/aromatic N) is 3. The van der Waals surface area contributed by atoms with E-state index in [0.717, 1.165) is 35.3 Å². The van der Waals surface area contributed by atoms with E-state index in [1.165, 1.54) is 0 Å². The van der Waals surface area contributed by atoms with Crippen molar-refractivity contribution >= 4 is 10.8 Å². The predicted octanol–water partition coefficient (Wildman–Crippen LogP) is 2.55. The number of aromatic nitrogens is 3. The first-order valence-electron chi connectivity index (χ1n) is 8.76. The lowest BCUT2D eigenvalue weighted by Crippen LogP contribution is -2.16. The lowest BCUT2D eigenvalue weighted by Gasteiger charge is -2.19. The van der Waals surface area contributed by atoms with Gasteiger partial charge in [0, 0.05) is 41.2 Å². The zero-order valence-corrected chi connectivity index (χ0v) is 15.8. The van der Waals surface area contributed by atoms with Crippen molar-refractivity contribution in [1.29, 1.82) is 0 Å². The third kappa shape index (κ3) is 4.39. The van der Waals surface area contributed by atoms with Crippen LogP contribution in [0.3, 0.4) is 0 Å². The molecule has 6 nitrogen and oxygen atoms in total. The highest BCUT2D eigenvalue weighted by Crippen LogP contribution is 2.32. The van der Waals surface area contributed by atoms with E-state index in [4.69, 9.17) is 14.5 Å². The lowest BCUT2D eigenvalue weighted by atomic mass is 10.1. The monoisotopic (exact) mass is 363 g/mol. The smallest absolute Gasteiger partial charge is 0.163 e. The van der Waals surface area contributed by atoms with Gasteiger partial charge in [-0.1, -0.05) is 20.8 Å². The minimum Gasteiger partial charge on any atom is -0.486 e. The highest BCUT2D eigenvalue weighted by atomic mass is 32.2. The fraction of sp³-hybridized carbons (Fsp3) is 0.556. The quantitative estimate of drug-likeness (QED) is 0.756. The van der Waals surface area contributed by atoms with Crippen LogP contribution in [0.5, 0.6) is 11.5 Å². The summed E-state index contributed by atoms with van der Waals surface area (Å²) in [6.45, 7) is 7.36. The van der Waals surface area contributed by atoms with Gasteiger partial charge in [-0.05, 0) is 18.1 Å². The van der Waals surface area contributed by atoms with Crippen LogP contribution in [0.4, 0.5) is 0 Å². The Labute approximate surface area is 151 Å². The van der Waals surface area contributed by atoms with Crippen molar-refractivity contribution in [1.82, 2.24) is 14.8 Å². The third-order valence-electron chi connectivity index (χ3n) is 3.95. The first-order valence-corrected chi connectivity index (χ1v) is 10.3. The van der Waals surface area contributed by atoms with E-state index < -0.39 is 10.8 Å². The number of aryl methyl sites for hydroxylation is 1. The van der Waals surface area contributed by atoms with Gasteiger partial charge in [-0.3, -0.25) is 4.21 Å². The predicted molar refractivity (Wildman–Crippen MR) is 98.1 cm³/mol. The van der Waals surface area contributed by atoms with E-state index in [2.05, 4.69) is 18.9 Å². The molecule has 1 aromatic heterocycles. The van der Waals surface area contributed by atoms with Crippen molar-refractivity contribution < 1.29 is 13.7 Å². The minimum absolute atomic E-state index is 0.480. The van der Waals surface area contributed by atoms with Gasteiger partial charge in [-0.15, -0.1) is 0 Å². The van der Waals surface area contributed by atoms with E-state index in [0.29, 0.717) is 37.1 Å². The summed E-state index contributed by atoms with van der Waals surface area (Å²) >= 11 is 0. The fourth-order valence-electron chi connectivity index (χ4n) is 2.73. The molecule has 2 aromatic rings. The molecule has 0 N–H and O–H groups in total. The summed E-state index contributed by atoms with van der Waals surface area (Å²) in [6, 6.07) is 5.80. The molecule has 0 amide bonds. The molecule has 0 saturated carbocycles. The van der Waals surface area contributed by atoms with Crippen LogP contribution in [0, 0.1) is 5.92 Å². The summed E-state index contributed by atoms with van der Waals surface area (Å²) in [6.07, 6.45) is 1.46. The van der Waals surface area contributed by atoms with Gasteiger partial charge in [0.25, 0.3) is 0 Å². The molecule has 0 bridgehead atoms. The molecular formula is C18H25N3O3S. The van der Waals surface area contributed by atoms with E-state index >= 15 is 0 Å². The summed E-state index contributed by atoms with van der Waals surface area (Å²) in [5.74, 6) is 4.89. The largest absolute Gasteiger partial charge is 0.486 e. The zero-order valence-electron chi connectivity index (χ0n) is 15.0. The molecule has 1 unspecified atom stereocenters. The van der Waals surface area contributed by atoms with Crippen molar-refractivity contribution in [2.45, 2.75) is 33.6 Å². The van der Waals surface area contributed by atoms with Gasteiger partial charge in [0.1, 0.15) is 19.0 Å². The average Bonchev–Trinajstić information content (AvgIpc) is 3.01. The molecule has 1 aromatic carbocycles. The number of hydrogen-bond acceptors (Lipinski definition) is 5. The Kier molecular flexibility index (Phi) is 5.73. The second-order valence-electron chi connectivity index (χ2n) is 6.46. The van der Waals surface area contributed by atoms with Crippen LogP contribution in [-0.4, -0.2) is 43.7 Å². The molecule has 0 spiro atoms. The molecule has 25 heavy (non-hydrogen) atoms. The van der Waals surface area contributed by atoms with Crippen molar-refractivity contribution in [2.24, 2.45) is 5.92 Å². The lowest BCUT2D eigenvalue weighted by molar-refractivity contribution is 0.171. The third-order valence-corrected chi connectivity index (χ3v) is 5.26. The van der Waals surface area contributed by atoms with E-state index in [-0.39, 0.29) is 0 Å². The van der Waals surface area contributed by atoms with Gasteiger partial charge in [-0.2, -0.15) is 5.10 Å². The molecule has 7 heteroatoms. The van der Waals surface area contributed by atoms with Crippen molar-refractivity contribution in [3.8, 4) is 17.2 Å². The molecule has 0 radical (unpaired) electrons. The van der Waals surface area contributed by atoms with Crippen LogP contribution in [-0.2, 0) is 23.6 Å². The molecule has 1 atom stereocenters. The Morgan fingerprint density at radius 2 is 2.00 bits per heavy atom. The van der Waals surface area contributed by atoms with Crippen LogP contribution in [0.25, 0.3) is 5.69 Å². The van der Waals surface area contributed by atoms with Crippen LogP contribution >= 0.6 is 0 Å². The molecule has 1 aliphatic heterocycles. The molecule has 136 valence electrons. The summed E-state index contributed by atoms with van der Waals surface area (Å²) in [5, 5.41) is 4.68. The van der Waals surface area contributed by atoms with Crippen LogP contribution in [0.15, 0.2) is 18.2 Å². The van der Waals surface area contributed by atoms with Crippen LogP contribution in [0.2, 0.25) is 0 Å². The Balaban J connectivity index is 1.92. The van der Waals surface area contributed by atoms with E-state index in [9.17, 15) is 4.21 Å². The maximum Gasteiger partial charge on any atom is 0.163 e. The van der Waals surface area contributed by atoms with Crippen molar-refractivity contribution in [3.05, 3.63) is 29.8 Å². The molecule has 0 fully saturated rings. The summed E-state index contributed by atoms with van der Waals surface area (Å²) in [7, 11) is -0.821. The fourth-order valence-corrected chi connectivity index (χ4v) is 3.42. The van der Waals surface area contributed by atoms with Gasteiger partial charge in [-0.25, -0.2) is 9.67 Å². The van der Waals surface area contributed by atoms with Gasteiger partial charge in [0.15, 0.2) is 17.3 Å². The van der Waals surface area contributed by atoms with Crippen molar-refractivity contribution in [3.63, 3.8) is 0 Å². The number of benzene rings is 1. The molecule has 3 rings (SSSR count). The molecule has 0 aliphatic carbocycles. The van der Waals surface area contributed by atoms with E-state index in [1.807, 2.05) is 29.8 Å². The normalized spacial score (nSPS) is 14.7. The van der Waals surface area contributed by atoms with Crippen LogP contribution in [0.1, 0.15) is 32.4 Å². The second-order valence-corrected chi connectivity index (χ2v) is 8.33. The number of rotatable bonds is 7. The van der Waals surface area contributed by atoms with Gasteiger partial charge >= 0.3 is 0 Å². The number of hydrogen-bond donors (Lipinski definition) is 0. The molecular weight excluding hydrogens is 338 g/mol. The second kappa shape index (κ2) is 7.99. The standard InChI is InChI=1S/C18H25N3O3S/c1-4-25(22)10-7-18-19-17(11-13(2)3)20-21(18)14-5-6-15-16(12-14)24-9-8-23-15/h5-6,12-13H,4,7-11H2,1-3H3. The maximum absolute atomic E-state index is 11.8. The van der Waals surface area contributed by atoms with Crippen molar-refractivity contribution in [2.75, 3.05) is 24.7 Å². The Hall–Kier alpha value is -1.89. The minimum atomic E-state index is -0.821. The SMILES string of the molecule is CCS(=O)CCc1nc(CC(C)C)nn1-c1ccc2c(c1)OCCO2. The topological polar surface area (TPSA) is 66.2 Å². The highest BCUT2D eigenvalue weighted by Gasteiger charge is 2.17. The summed E-state index contributed by atoms with van der Waals surface area (Å²) in [5.41, 5.74) is 0.893. The summed E-state index contributed by atoms with van der Waals surface area (Å²) < 4.78 is 24.9. The van der Waals surface area contributed by atoms with Gasteiger partial charge in [0.05, 0.1) is 5.69 Å². The van der Waals surface area contributed by atoms with E-state index in [1.54, 1.807) is 0 Å². The Morgan fingerprint density at radius 1 is 1.24 bits per heavy atom. The molecule has 0 saturated heterocycles. The van der Waals surface area contributed by atoms with Gasteiger partial charge in [0.2, 0.25) is 0 Å². The van der Waals surface area contributed by atoms with Crippen LogP contribution < -0.4 is 9.47 Å². The Morgan fingerprint density at radius 3 is 2.72 bits per heavy atom. The zero-order chi connectivity index (χ0) is 17.8. The first kappa shape index (κ1) is 17.9. The molecule has 1 aliphatic rings. The number of ether oxygens (including phenoxy) is 2. The Bertz CT molecular complexity index is 758.